The molecule has 0 aliphatic heterocycles. The lowest BCUT2D eigenvalue weighted by Gasteiger charge is -2.15. The van der Waals surface area contributed by atoms with E-state index < -0.39 is 0 Å². The summed E-state index contributed by atoms with van der Waals surface area (Å²) in [6.07, 6.45) is 8.61. The van der Waals surface area contributed by atoms with E-state index >= 15 is 0 Å². The molecule has 0 unspecified atom stereocenters. The molecule has 0 fully saturated rings. The number of guanidine groups is 1. The zero-order valence-electron chi connectivity index (χ0n) is 15.9. The van der Waals surface area contributed by atoms with E-state index in [-0.39, 0.29) is 42.1 Å². The first kappa shape index (κ1) is 23.4. The van der Waals surface area contributed by atoms with Gasteiger partial charge in [0.2, 0.25) is 5.91 Å². The van der Waals surface area contributed by atoms with Crippen molar-refractivity contribution >= 4 is 35.8 Å². The lowest BCUT2D eigenvalue weighted by atomic mass is 9.97. The van der Waals surface area contributed by atoms with E-state index in [2.05, 4.69) is 27.0 Å². The average molecular weight is 488 g/mol. The number of allylic oxidation sites excluding steroid dienone is 1. The lowest BCUT2D eigenvalue weighted by molar-refractivity contribution is -0.120. The molecular formula is C20H30FIN4O. The van der Waals surface area contributed by atoms with Crippen LogP contribution < -0.4 is 16.0 Å². The Morgan fingerprint density at radius 2 is 1.93 bits per heavy atom. The Balaban J connectivity index is 0.00000364. The molecular weight excluding hydrogens is 458 g/mol. The Morgan fingerprint density at radius 3 is 2.63 bits per heavy atom. The van der Waals surface area contributed by atoms with Crippen LogP contribution in [-0.4, -0.2) is 38.5 Å². The van der Waals surface area contributed by atoms with Crippen molar-refractivity contribution in [1.29, 1.82) is 0 Å². The fourth-order valence-corrected chi connectivity index (χ4v) is 2.97. The summed E-state index contributed by atoms with van der Waals surface area (Å²) in [5.74, 6) is 0.293. The van der Waals surface area contributed by atoms with Crippen LogP contribution in [0.3, 0.4) is 0 Å². The average Bonchev–Trinajstić information content (AvgIpc) is 2.64. The quantitative estimate of drug-likeness (QED) is 0.173. The summed E-state index contributed by atoms with van der Waals surface area (Å²) < 4.78 is 13.1. The van der Waals surface area contributed by atoms with E-state index in [1.807, 2.05) is 0 Å². The van der Waals surface area contributed by atoms with Gasteiger partial charge in [-0.2, -0.15) is 0 Å². The van der Waals surface area contributed by atoms with Crippen molar-refractivity contribution in [2.24, 2.45) is 4.99 Å². The fourth-order valence-electron chi connectivity index (χ4n) is 2.97. The van der Waals surface area contributed by atoms with Gasteiger partial charge < -0.3 is 16.0 Å². The summed E-state index contributed by atoms with van der Waals surface area (Å²) in [6.45, 7) is 1.93. The van der Waals surface area contributed by atoms with Gasteiger partial charge in [0, 0.05) is 26.7 Å². The second-order valence-electron chi connectivity index (χ2n) is 6.44. The highest BCUT2D eigenvalue weighted by atomic mass is 127. The zero-order chi connectivity index (χ0) is 18.6. The van der Waals surface area contributed by atoms with Gasteiger partial charge in [-0.25, -0.2) is 4.39 Å². The van der Waals surface area contributed by atoms with Crippen LogP contribution in [0.15, 0.2) is 40.9 Å². The molecule has 0 saturated heterocycles. The van der Waals surface area contributed by atoms with Gasteiger partial charge in [-0.15, -0.1) is 24.0 Å². The molecule has 150 valence electrons. The maximum Gasteiger partial charge on any atom is 0.224 e. The number of carbonyl (C=O) groups excluding carboxylic acids is 1. The Labute approximate surface area is 178 Å². The lowest BCUT2D eigenvalue weighted by Crippen LogP contribution is -2.42. The molecule has 1 aromatic carbocycles. The van der Waals surface area contributed by atoms with Gasteiger partial charge in [0.15, 0.2) is 5.96 Å². The van der Waals surface area contributed by atoms with Crippen LogP contribution in [0.1, 0.15) is 37.7 Å². The van der Waals surface area contributed by atoms with E-state index in [1.54, 1.807) is 19.2 Å². The maximum absolute atomic E-state index is 13.1. The first-order chi connectivity index (χ1) is 12.7. The molecule has 7 heteroatoms. The molecule has 1 amide bonds. The number of hydrogen-bond acceptors (Lipinski definition) is 2. The van der Waals surface area contributed by atoms with Crippen LogP contribution in [0.25, 0.3) is 0 Å². The SMILES string of the molecule is CN=C(NCCNC(=O)Cc1cccc(F)c1)NCCC1=CCCCC1.I. The summed E-state index contributed by atoms with van der Waals surface area (Å²) in [5, 5.41) is 9.30. The molecule has 2 rings (SSSR count). The number of nitrogens with one attached hydrogen (secondary N) is 3. The Hall–Kier alpha value is -1.64. The number of aliphatic imine (C=N–C) groups is 1. The van der Waals surface area contributed by atoms with Crippen molar-refractivity contribution in [3.05, 3.63) is 47.3 Å². The topological polar surface area (TPSA) is 65.5 Å². The molecule has 0 heterocycles. The van der Waals surface area contributed by atoms with E-state index in [4.69, 9.17) is 0 Å². The maximum atomic E-state index is 13.1. The smallest absolute Gasteiger partial charge is 0.224 e. The molecule has 1 aromatic rings. The highest BCUT2D eigenvalue weighted by molar-refractivity contribution is 14.0. The van der Waals surface area contributed by atoms with E-state index in [9.17, 15) is 9.18 Å². The second kappa shape index (κ2) is 13.5. The third-order valence-electron chi connectivity index (χ3n) is 4.34. The molecule has 0 aromatic heterocycles. The number of carbonyl (C=O) groups is 1. The van der Waals surface area contributed by atoms with Gasteiger partial charge in [0.05, 0.1) is 6.42 Å². The normalized spacial score (nSPS) is 14.0. The van der Waals surface area contributed by atoms with Gasteiger partial charge in [0.25, 0.3) is 0 Å². The van der Waals surface area contributed by atoms with Crippen molar-refractivity contribution in [2.45, 2.75) is 38.5 Å². The van der Waals surface area contributed by atoms with Crippen LogP contribution in [0, 0.1) is 5.82 Å². The van der Waals surface area contributed by atoms with Crippen molar-refractivity contribution in [3.8, 4) is 0 Å². The second-order valence-corrected chi connectivity index (χ2v) is 6.44. The molecule has 0 atom stereocenters. The molecule has 1 aliphatic rings. The highest BCUT2D eigenvalue weighted by Crippen LogP contribution is 2.19. The number of halogens is 2. The molecule has 0 saturated carbocycles. The van der Waals surface area contributed by atoms with Gasteiger partial charge in [-0.05, 0) is 49.8 Å². The minimum Gasteiger partial charge on any atom is -0.356 e. The summed E-state index contributed by atoms with van der Waals surface area (Å²) >= 11 is 0. The largest absolute Gasteiger partial charge is 0.356 e. The summed E-state index contributed by atoms with van der Waals surface area (Å²) in [7, 11) is 1.73. The van der Waals surface area contributed by atoms with Crippen LogP contribution in [0.5, 0.6) is 0 Å². The molecule has 0 spiro atoms. The number of benzene rings is 1. The minimum absolute atomic E-state index is 0. The van der Waals surface area contributed by atoms with Crippen molar-refractivity contribution in [3.63, 3.8) is 0 Å². The van der Waals surface area contributed by atoms with Crippen LogP contribution in [0.4, 0.5) is 4.39 Å². The molecule has 1 aliphatic carbocycles. The Kier molecular flexibility index (Phi) is 11.7. The van der Waals surface area contributed by atoms with Crippen molar-refractivity contribution < 1.29 is 9.18 Å². The predicted octanol–water partition coefficient (Wildman–Crippen LogP) is 3.16. The first-order valence-electron chi connectivity index (χ1n) is 9.31. The van der Waals surface area contributed by atoms with Gasteiger partial charge in [-0.1, -0.05) is 23.8 Å². The first-order valence-corrected chi connectivity index (χ1v) is 9.31. The molecule has 0 radical (unpaired) electrons. The van der Waals surface area contributed by atoms with E-state index in [0.717, 1.165) is 18.9 Å². The minimum atomic E-state index is -0.323. The van der Waals surface area contributed by atoms with Crippen LogP contribution >= 0.6 is 24.0 Å². The van der Waals surface area contributed by atoms with Crippen LogP contribution in [0.2, 0.25) is 0 Å². The molecule has 0 bridgehead atoms. The summed E-state index contributed by atoms with van der Waals surface area (Å²) in [5.41, 5.74) is 2.20. The van der Waals surface area contributed by atoms with Gasteiger partial charge in [-0.3, -0.25) is 9.79 Å². The zero-order valence-corrected chi connectivity index (χ0v) is 18.2. The van der Waals surface area contributed by atoms with Crippen LogP contribution in [-0.2, 0) is 11.2 Å². The Morgan fingerprint density at radius 1 is 1.15 bits per heavy atom. The summed E-state index contributed by atoms with van der Waals surface area (Å²) in [4.78, 5) is 16.1. The Bertz CT molecular complexity index is 649. The molecule has 27 heavy (non-hydrogen) atoms. The molecule has 3 N–H and O–H groups in total. The standard InChI is InChI=1S/C20H29FN4O.HI/c1-22-20(24-11-10-16-6-3-2-4-7-16)25-13-12-23-19(26)15-17-8-5-9-18(21)14-17;/h5-6,8-9,14H,2-4,7,10-13,15H2,1H3,(H,23,26)(H2,22,24,25);1H. The third-order valence-corrected chi connectivity index (χ3v) is 4.34. The van der Waals surface area contributed by atoms with Crippen molar-refractivity contribution in [2.75, 3.05) is 26.7 Å². The summed E-state index contributed by atoms with van der Waals surface area (Å²) in [6, 6.07) is 6.10. The third kappa shape index (κ3) is 9.74. The van der Waals surface area contributed by atoms with Gasteiger partial charge in [0.1, 0.15) is 5.82 Å². The fraction of sp³-hybridized carbons (Fsp3) is 0.500. The monoisotopic (exact) mass is 488 g/mol. The highest BCUT2D eigenvalue weighted by Gasteiger charge is 2.05. The number of nitrogens with zero attached hydrogens (tertiary/aromatic N) is 1. The van der Waals surface area contributed by atoms with Crippen molar-refractivity contribution in [1.82, 2.24) is 16.0 Å². The van der Waals surface area contributed by atoms with Gasteiger partial charge >= 0.3 is 0 Å². The number of hydrogen-bond donors (Lipinski definition) is 3. The number of rotatable bonds is 8. The van der Waals surface area contributed by atoms with E-state index in [0.29, 0.717) is 18.7 Å². The van der Waals surface area contributed by atoms with E-state index in [1.165, 1.54) is 43.4 Å². The predicted molar refractivity (Wildman–Crippen MR) is 119 cm³/mol. The molecule has 5 nitrogen and oxygen atoms in total. The number of amides is 1.